The molecule has 0 spiro atoms. The molecule has 28 heavy (non-hydrogen) atoms. The third kappa shape index (κ3) is 4.52. The first-order valence-corrected chi connectivity index (χ1v) is 9.71. The fourth-order valence-electron chi connectivity index (χ4n) is 2.66. The van der Waals surface area contributed by atoms with Gasteiger partial charge in [0.1, 0.15) is 11.5 Å². The zero-order valence-corrected chi connectivity index (χ0v) is 16.0. The Kier molecular flexibility index (Phi) is 5.29. The molecule has 8 heteroatoms. The predicted octanol–water partition coefficient (Wildman–Crippen LogP) is 4.26. The van der Waals surface area contributed by atoms with E-state index in [9.17, 15) is 4.79 Å². The number of furan rings is 1. The van der Waals surface area contributed by atoms with E-state index in [0.717, 1.165) is 11.3 Å². The number of aromatic nitrogens is 3. The van der Waals surface area contributed by atoms with Gasteiger partial charge in [-0.2, -0.15) is 4.98 Å². The number of amides is 1. The van der Waals surface area contributed by atoms with Crippen molar-refractivity contribution < 1.29 is 13.7 Å². The number of thiazole rings is 1. The van der Waals surface area contributed by atoms with E-state index in [2.05, 4.69) is 20.4 Å². The summed E-state index contributed by atoms with van der Waals surface area (Å²) in [6.45, 7) is 1.88. The van der Waals surface area contributed by atoms with E-state index in [1.807, 2.05) is 54.8 Å². The zero-order chi connectivity index (χ0) is 19.3. The lowest BCUT2D eigenvalue weighted by molar-refractivity contribution is -0.116. The number of nitrogens with one attached hydrogen (secondary N) is 1. The van der Waals surface area contributed by atoms with Crippen LogP contribution in [0.1, 0.15) is 29.5 Å². The Morgan fingerprint density at radius 2 is 2.00 bits per heavy atom. The minimum absolute atomic E-state index is 0.153. The summed E-state index contributed by atoms with van der Waals surface area (Å²) < 4.78 is 10.8. The topological polar surface area (TPSA) is 94.1 Å². The minimum atomic E-state index is -0.153. The summed E-state index contributed by atoms with van der Waals surface area (Å²) in [5.74, 6) is 2.41. The first-order chi connectivity index (χ1) is 13.7. The largest absolute Gasteiger partial charge is 0.460 e. The van der Waals surface area contributed by atoms with Gasteiger partial charge >= 0.3 is 0 Å². The molecule has 0 unspecified atom stereocenters. The number of hydrogen-bond acceptors (Lipinski definition) is 7. The van der Waals surface area contributed by atoms with Gasteiger partial charge in [0.15, 0.2) is 16.7 Å². The minimum Gasteiger partial charge on any atom is -0.460 e. The number of hydrogen-bond donors (Lipinski definition) is 1. The Morgan fingerprint density at radius 1 is 1.14 bits per heavy atom. The number of carbonyl (C=O) groups is 1. The summed E-state index contributed by atoms with van der Waals surface area (Å²) >= 11 is 1.35. The standard InChI is InChI=1S/C20H18N4O3S/c1-13-7-8-16(26-13)15-12-28-20(21-15)23-18(25)9-10-19-22-17(24-27-19)11-14-5-3-2-4-6-14/h2-8,12H,9-11H2,1H3,(H,21,23,25). The van der Waals surface area contributed by atoms with E-state index in [1.165, 1.54) is 11.3 Å². The van der Waals surface area contributed by atoms with Gasteiger partial charge in [-0.3, -0.25) is 4.79 Å². The smallest absolute Gasteiger partial charge is 0.227 e. The summed E-state index contributed by atoms with van der Waals surface area (Å²) in [6.07, 6.45) is 1.22. The van der Waals surface area contributed by atoms with Crippen molar-refractivity contribution in [2.24, 2.45) is 0 Å². The second kappa shape index (κ2) is 8.18. The maximum absolute atomic E-state index is 12.2. The molecule has 0 radical (unpaired) electrons. The number of nitrogens with zero attached hydrogens (tertiary/aromatic N) is 3. The molecule has 142 valence electrons. The molecule has 0 aliphatic carbocycles. The van der Waals surface area contributed by atoms with Crippen molar-refractivity contribution in [2.45, 2.75) is 26.2 Å². The average Bonchev–Trinajstić information content (AvgIpc) is 3.42. The summed E-state index contributed by atoms with van der Waals surface area (Å²) in [6, 6.07) is 13.7. The van der Waals surface area contributed by atoms with Gasteiger partial charge in [-0.05, 0) is 24.6 Å². The van der Waals surface area contributed by atoms with Gasteiger partial charge in [0, 0.05) is 24.6 Å². The third-order valence-electron chi connectivity index (χ3n) is 4.02. The molecule has 1 N–H and O–H groups in total. The van der Waals surface area contributed by atoms with E-state index in [1.54, 1.807) is 0 Å². The maximum Gasteiger partial charge on any atom is 0.227 e. The van der Waals surface area contributed by atoms with Crippen molar-refractivity contribution in [3.05, 3.63) is 70.9 Å². The summed E-state index contributed by atoms with van der Waals surface area (Å²) in [5.41, 5.74) is 1.81. The predicted molar refractivity (Wildman–Crippen MR) is 105 cm³/mol. The van der Waals surface area contributed by atoms with Crippen LogP contribution in [0.4, 0.5) is 5.13 Å². The molecule has 0 atom stereocenters. The lowest BCUT2D eigenvalue weighted by atomic mass is 10.1. The maximum atomic E-state index is 12.2. The van der Waals surface area contributed by atoms with Crippen LogP contribution in [-0.2, 0) is 17.6 Å². The number of rotatable bonds is 7. The molecule has 3 aromatic heterocycles. The van der Waals surface area contributed by atoms with Crippen LogP contribution in [0.15, 0.2) is 56.8 Å². The van der Waals surface area contributed by atoms with Crippen LogP contribution in [-0.4, -0.2) is 21.0 Å². The van der Waals surface area contributed by atoms with E-state index in [4.69, 9.17) is 8.94 Å². The Balaban J connectivity index is 1.28. The molecule has 4 aromatic rings. The normalized spacial score (nSPS) is 10.9. The Hall–Kier alpha value is -3.26. The Morgan fingerprint density at radius 3 is 2.79 bits per heavy atom. The third-order valence-corrected chi connectivity index (χ3v) is 4.78. The van der Waals surface area contributed by atoms with Crippen LogP contribution in [0.2, 0.25) is 0 Å². The first-order valence-electron chi connectivity index (χ1n) is 8.83. The summed E-state index contributed by atoms with van der Waals surface area (Å²) in [5, 5.41) is 9.15. The van der Waals surface area contributed by atoms with Crippen molar-refractivity contribution in [1.29, 1.82) is 0 Å². The molecular weight excluding hydrogens is 376 g/mol. The van der Waals surface area contributed by atoms with Gasteiger partial charge in [-0.15, -0.1) is 11.3 Å². The van der Waals surface area contributed by atoms with Gasteiger partial charge < -0.3 is 14.3 Å². The lowest BCUT2D eigenvalue weighted by Gasteiger charge is -1.99. The average molecular weight is 394 g/mol. The van der Waals surface area contributed by atoms with Gasteiger partial charge in [-0.1, -0.05) is 35.5 Å². The van der Waals surface area contributed by atoms with E-state index < -0.39 is 0 Å². The monoisotopic (exact) mass is 394 g/mol. The molecule has 1 aromatic carbocycles. The lowest BCUT2D eigenvalue weighted by Crippen LogP contribution is -2.12. The van der Waals surface area contributed by atoms with Crippen molar-refractivity contribution >= 4 is 22.4 Å². The van der Waals surface area contributed by atoms with Crippen LogP contribution in [0.5, 0.6) is 0 Å². The SMILES string of the molecule is Cc1ccc(-c2csc(NC(=O)CCc3nc(Cc4ccccc4)no3)n2)o1. The van der Waals surface area contributed by atoms with Crippen LogP contribution in [0.25, 0.3) is 11.5 Å². The number of aryl methyl sites for hydroxylation is 2. The highest BCUT2D eigenvalue weighted by atomic mass is 32.1. The van der Waals surface area contributed by atoms with Gasteiger partial charge in [0.2, 0.25) is 11.8 Å². The fourth-order valence-corrected chi connectivity index (χ4v) is 3.38. The van der Waals surface area contributed by atoms with Crippen molar-refractivity contribution in [2.75, 3.05) is 5.32 Å². The molecule has 0 saturated heterocycles. The second-order valence-electron chi connectivity index (χ2n) is 6.26. The van der Waals surface area contributed by atoms with Gasteiger partial charge in [0.25, 0.3) is 0 Å². The molecule has 4 rings (SSSR count). The van der Waals surface area contributed by atoms with E-state index in [-0.39, 0.29) is 12.3 Å². The molecule has 7 nitrogen and oxygen atoms in total. The number of benzene rings is 1. The molecule has 0 bridgehead atoms. The molecule has 0 fully saturated rings. The van der Waals surface area contributed by atoms with Crippen molar-refractivity contribution in [3.8, 4) is 11.5 Å². The van der Waals surface area contributed by atoms with Crippen LogP contribution < -0.4 is 5.32 Å². The highest BCUT2D eigenvalue weighted by Crippen LogP contribution is 2.26. The molecule has 0 aliphatic heterocycles. The van der Waals surface area contributed by atoms with Crippen molar-refractivity contribution in [1.82, 2.24) is 15.1 Å². The van der Waals surface area contributed by atoms with Gasteiger partial charge in [-0.25, -0.2) is 4.98 Å². The van der Waals surface area contributed by atoms with Crippen LogP contribution in [0.3, 0.4) is 0 Å². The Labute approximate surface area is 165 Å². The zero-order valence-electron chi connectivity index (χ0n) is 15.2. The van der Waals surface area contributed by atoms with Crippen LogP contribution in [0, 0.1) is 6.92 Å². The Bertz CT molecular complexity index is 1070. The highest BCUT2D eigenvalue weighted by molar-refractivity contribution is 7.14. The number of anilines is 1. The fraction of sp³-hybridized carbons (Fsp3) is 0.200. The van der Waals surface area contributed by atoms with Crippen molar-refractivity contribution in [3.63, 3.8) is 0 Å². The molecule has 3 heterocycles. The molecule has 0 aliphatic rings. The number of carbonyl (C=O) groups excluding carboxylic acids is 1. The first kappa shape index (κ1) is 18.1. The molecule has 0 saturated carbocycles. The van der Waals surface area contributed by atoms with Crippen LogP contribution >= 0.6 is 11.3 Å². The van der Waals surface area contributed by atoms with E-state index >= 15 is 0 Å². The highest BCUT2D eigenvalue weighted by Gasteiger charge is 2.13. The second-order valence-corrected chi connectivity index (χ2v) is 7.12. The van der Waals surface area contributed by atoms with Gasteiger partial charge in [0.05, 0.1) is 0 Å². The molecular formula is C20H18N4O3S. The van der Waals surface area contributed by atoms with E-state index in [0.29, 0.717) is 41.1 Å². The molecule has 1 amide bonds. The summed E-state index contributed by atoms with van der Waals surface area (Å²) in [4.78, 5) is 20.9. The summed E-state index contributed by atoms with van der Waals surface area (Å²) in [7, 11) is 0. The quantitative estimate of drug-likeness (QED) is 0.503.